The standard InChI is InChI=1S/C12H14F2N2O4/c1-6(17)10(11(18)19)16-12(20)15-5-7-2-3-8(13)4-9(7)14/h2-4,6,10,17H,5H2,1H3,(H,18,19)(H2,15,16,20). The molecule has 1 rings (SSSR count). The third-order valence-corrected chi connectivity index (χ3v) is 2.49. The van der Waals surface area contributed by atoms with Crippen LogP contribution in [-0.2, 0) is 11.3 Å². The molecule has 0 aliphatic carbocycles. The quantitative estimate of drug-likeness (QED) is 0.637. The van der Waals surface area contributed by atoms with Crippen molar-refractivity contribution < 1.29 is 28.6 Å². The van der Waals surface area contributed by atoms with Gasteiger partial charge in [0.2, 0.25) is 0 Å². The average Bonchev–Trinajstić information content (AvgIpc) is 2.34. The monoisotopic (exact) mass is 288 g/mol. The van der Waals surface area contributed by atoms with E-state index in [0.29, 0.717) is 6.07 Å². The number of rotatable bonds is 5. The zero-order valence-electron chi connectivity index (χ0n) is 10.6. The summed E-state index contributed by atoms with van der Waals surface area (Å²) in [4.78, 5) is 22.2. The van der Waals surface area contributed by atoms with E-state index in [0.717, 1.165) is 12.1 Å². The van der Waals surface area contributed by atoms with E-state index in [9.17, 15) is 18.4 Å². The number of amides is 2. The highest BCUT2D eigenvalue weighted by Gasteiger charge is 2.24. The van der Waals surface area contributed by atoms with Gasteiger partial charge in [0.1, 0.15) is 11.6 Å². The molecule has 0 saturated heterocycles. The Kier molecular flexibility index (Phi) is 5.39. The second-order valence-electron chi connectivity index (χ2n) is 4.12. The minimum Gasteiger partial charge on any atom is -0.480 e. The van der Waals surface area contributed by atoms with Gasteiger partial charge in [-0.15, -0.1) is 0 Å². The number of benzene rings is 1. The Hall–Kier alpha value is -2.22. The largest absolute Gasteiger partial charge is 0.480 e. The summed E-state index contributed by atoms with van der Waals surface area (Å²) in [6.07, 6.45) is -1.29. The van der Waals surface area contributed by atoms with E-state index >= 15 is 0 Å². The molecule has 8 heteroatoms. The van der Waals surface area contributed by atoms with E-state index in [1.54, 1.807) is 0 Å². The van der Waals surface area contributed by atoms with Crippen LogP contribution in [0.4, 0.5) is 13.6 Å². The average molecular weight is 288 g/mol. The second-order valence-corrected chi connectivity index (χ2v) is 4.12. The van der Waals surface area contributed by atoms with Gasteiger partial charge in [-0.1, -0.05) is 6.07 Å². The van der Waals surface area contributed by atoms with Crippen LogP contribution in [0.5, 0.6) is 0 Å². The van der Waals surface area contributed by atoms with Crippen molar-refractivity contribution in [2.24, 2.45) is 0 Å². The van der Waals surface area contributed by atoms with Gasteiger partial charge in [-0.05, 0) is 13.0 Å². The molecule has 0 spiro atoms. The summed E-state index contributed by atoms with van der Waals surface area (Å²) in [6, 6.07) is 0.502. The Morgan fingerprint density at radius 2 is 2.00 bits per heavy atom. The number of hydrogen-bond donors (Lipinski definition) is 4. The minimum absolute atomic E-state index is 0.0467. The second kappa shape index (κ2) is 6.80. The molecule has 2 atom stereocenters. The van der Waals surface area contributed by atoms with Gasteiger partial charge in [-0.2, -0.15) is 0 Å². The summed E-state index contributed by atoms with van der Waals surface area (Å²) >= 11 is 0. The number of carboxylic acid groups (broad SMARTS) is 1. The first kappa shape index (κ1) is 15.8. The van der Waals surface area contributed by atoms with Crippen molar-refractivity contribution >= 4 is 12.0 Å². The van der Waals surface area contributed by atoms with E-state index in [-0.39, 0.29) is 12.1 Å². The third-order valence-electron chi connectivity index (χ3n) is 2.49. The maximum Gasteiger partial charge on any atom is 0.328 e. The molecule has 1 aromatic rings. The fraction of sp³-hybridized carbons (Fsp3) is 0.333. The number of carbonyl (C=O) groups is 2. The van der Waals surface area contributed by atoms with E-state index in [1.165, 1.54) is 6.92 Å². The van der Waals surface area contributed by atoms with Crippen molar-refractivity contribution in [3.8, 4) is 0 Å². The molecular weight excluding hydrogens is 274 g/mol. The lowest BCUT2D eigenvalue weighted by atomic mass is 10.2. The Labute approximate surface area is 113 Å². The van der Waals surface area contributed by atoms with E-state index < -0.39 is 35.8 Å². The van der Waals surface area contributed by atoms with Crippen LogP contribution in [0.2, 0.25) is 0 Å². The van der Waals surface area contributed by atoms with Crippen molar-refractivity contribution in [2.45, 2.75) is 25.6 Å². The van der Waals surface area contributed by atoms with Crippen LogP contribution >= 0.6 is 0 Å². The molecule has 0 saturated carbocycles. The van der Waals surface area contributed by atoms with Crippen molar-refractivity contribution in [2.75, 3.05) is 0 Å². The first-order chi connectivity index (χ1) is 9.31. The van der Waals surface area contributed by atoms with Gasteiger partial charge in [0.05, 0.1) is 6.10 Å². The number of aliphatic carboxylic acids is 1. The maximum atomic E-state index is 13.3. The lowest BCUT2D eigenvalue weighted by molar-refractivity contribution is -0.141. The summed E-state index contributed by atoms with van der Waals surface area (Å²) in [6.45, 7) is 0.961. The number of halogens is 2. The van der Waals surface area contributed by atoms with E-state index in [1.807, 2.05) is 5.32 Å². The summed E-state index contributed by atoms with van der Waals surface area (Å²) in [5.74, 6) is -2.96. The predicted molar refractivity (Wildman–Crippen MR) is 64.8 cm³/mol. The van der Waals surface area contributed by atoms with Gasteiger partial charge in [-0.25, -0.2) is 18.4 Å². The first-order valence-electron chi connectivity index (χ1n) is 5.70. The van der Waals surface area contributed by atoms with Crippen molar-refractivity contribution in [1.82, 2.24) is 10.6 Å². The number of hydrogen-bond acceptors (Lipinski definition) is 3. The van der Waals surface area contributed by atoms with Gasteiger partial charge in [0.15, 0.2) is 6.04 Å². The molecule has 4 N–H and O–H groups in total. The van der Waals surface area contributed by atoms with Crippen molar-refractivity contribution in [3.63, 3.8) is 0 Å². The number of carbonyl (C=O) groups excluding carboxylic acids is 1. The van der Waals surface area contributed by atoms with Crippen LogP contribution in [0.3, 0.4) is 0 Å². The number of nitrogens with one attached hydrogen (secondary N) is 2. The third kappa shape index (κ3) is 4.47. The van der Waals surface area contributed by atoms with Crippen LogP contribution in [0, 0.1) is 11.6 Å². The molecule has 1 aromatic carbocycles. The molecular formula is C12H14F2N2O4. The predicted octanol–water partition coefficient (Wildman–Crippen LogP) is 0.598. The summed E-state index contributed by atoms with van der Waals surface area (Å²) in [7, 11) is 0. The molecule has 2 amide bonds. The molecule has 0 radical (unpaired) electrons. The summed E-state index contributed by atoms with van der Waals surface area (Å²) < 4.78 is 25.9. The van der Waals surface area contributed by atoms with Crippen LogP contribution in [0.25, 0.3) is 0 Å². The minimum atomic E-state index is -1.48. The first-order valence-corrected chi connectivity index (χ1v) is 5.70. The molecule has 0 fully saturated rings. The Morgan fingerprint density at radius 3 is 2.50 bits per heavy atom. The zero-order valence-corrected chi connectivity index (χ0v) is 10.6. The van der Waals surface area contributed by atoms with Crippen LogP contribution in [-0.4, -0.2) is 34.4 Å². The lowest BCUT2D eigenvalue weighted by Crippen LogP contribution is -2.51. The zero-order chi connectivity index (χ0) is 15.3. The highest BCUT2D eigenvalue weighted by molar-refractivity contribution is 5.82. The molecule has 6 nitrogen and oxygen atoms in total. The Balaban J connectivity index is 2.57. The fourth-order valence-corrected chi connectivity index (χ4v) is 1.42. The SMILES string of the molecule is CC(O)C(NC(=O)NCc1ccc(F)cc1F)C(=O)O. The number of carboxylic acids is 1. The van der Waals surface area contributed by atoms with Gasteiger partial charge >= 0.3 is 12.0 Å². The smallest absolute Gasteiger partial charge is 0.328 e. The van der Waals surface area contributed by atoms with E-state index in [2.05, 4.69) is 5.32 Å². The molecule has 2 unspecified atom stereocenters. The molecule has 0 aliphatic heterocycles. The summed E-state index contributed by atoms with van der Waals surface area (Å²) in [5, 5.41) is 22.1. The van der Waals surface area contributed by atoms with E-state index in [4.69, 9.17) is 10.2 Å². The highest BCUT2D eigenvalue weighted by atomic mass is 19.1. The van der Waals surface area contributed by atoms with Gasteiger partial charge in [-0.3, -0.25) is 0 Å². The molecule has 0 aliphatic rings. The highest BCUT2D eigenvalue weighted by Crippen LogP contribution is 2.08. The van der Waals surface area contributed by atoms with Gasteiger partial charge < -0.3 is 20.8 Å². The molecule has 0 heterocycles. The molecule has 0 aromatic heterocycles. The van der Waals surface area contributed by atoms with Crippen molar-refractivity contribution in [3.05, 3.63) is 35.4 Å². The maximum absolute atomic E-state index is 13.3. The Bertz CT molecular complexity index is 508. The summed E-state index contributed by atoms with van der Waals surface area (Å²) in [5.41, 5.74) is 0.0467. The Morgan fingerprint density at radius 1 is 1.35 bits per heavy atom. The topological polar surface area (TPSA) is 98.7 Å². The van der Waals surface area contributed by atoms with Gasteiger partial charge in [0, 0.05) is 18.2 Å². The molecule has 0 bridgehead atoms. The normalized spacial score (nSPS) is 13.4. The van der Waals surface area contributed by atoms with Crippen LogP contribution in [0.1, 0.15) is 12.5 Å². The number of aliphatic hydroxyl groups is 1. The van der Waals surface area contributed by atoms with Gasteiger partial charge in [0.25, 0.3) is 0 Å². The fourth-order valence-electron chi connectivity index (χ4n) is 1.42. The van der Waals surface area contributed by atoms with Crippen molar-refractivity contribution in [1.29, 1.82) is 0 Å². The molecule has 20 heavy (non-hydrogen) atoms. The lowest BCUT2D eigenvalue weighted by Gasteiger charge is -2.17. The molecule has 110 valence electrons. The number of aliphatic hydroxyl groups excluding tert-OH is 1. The van der Waals surface area contributed by atoms with Crippen LogP contribution in [0.15, 0.2) is 18.2 Å². The van der Waals surface area contributed by atoms with Crippen LogP contribution < -0.4 is 10.6 Å². The number of urea groups is 1.